The van der Waals surface area contributed by atoms with Crippen LogP contribution in [-0.4, -0.2) is 20.7 Å². The minimum absolute atomic E-state index is 0.0487. The highest BCUT2D eigenvalue weighted by atomic mass is 32.1. The van der Waals surface area contributed by atoms with E-state index in [-0.39, 0.29) is 11.3 Å². The van der Waals surface area contributed by atoms with E-state index in [1.165, 1.54) is 11.3 Å². The first kappa shape index (κ1) is 16.4. The Bertz CT molecular complexity index is 831. The molecule has 0 spiro atoms. The molecule has 24 heavy (non-hydrogen) atoms. The summed E-state index contributed by atoms with van der Waals surface area (Å²) in [5, 5.41) is 8.10. The SMILES string of the molecule is CC(C)(C)c1ncc(C(=O)Nc2cccc(Cn3cccn3)c2)s1. The molecule has 2 aromatic heterocycles. The van der Waals surface area contributed by atoms with Crippen molar-refractivity contribution in [3.63, 3.8) is 0 Å². The second-order valence-electron chi connectivity index (χ2n) is 6.64. The number of nitrogens with one attached hydrogen (secondary N) is 1. The molecule has 0 bridgehead atoms. The van der Waals surface area contributed by atoms with E-state index < -0.39 is 0 Å². The first-order chi connectivity index (χ1) is 11.4. The summed E-state index contributed by atoms with van der Waals surface area (Å²) in [5.74, 6) is -0.126. The second kappa shape index (κ2) is 6.57. The Morgan fingerprint density at radius 1 is 1.29 bits per heavy atom. The number of carbonyl (C=O) groups is 1. The van der Waals surface area contributed by atoms with Gasteiger partial charge in [-0.3, -0.25) is 9.48 Å². The highest BCUT2D eigenvalue weighted by Crippen LogP contribution is 2.27. The van der Waals surface area contributed by atoms with Gasteiger partial charge >= 0.3 is 0 Å². The fourth-order valence-corrected chi connectivity index (χ4v) is 3.12. The molecule has 5 nitrogen and oxygen atoms in total. The molecule has 0 unspecified atom stereocenters. The minimum atomic E-state index is -0.126. The van der Waals surface area contributed by atoms with Gasteiger partial charge in [-0.1, -0.05) is 32.9 Å². The van der Waals surface area contributed by atoms with E-state index in [0.29, 0.717) is 11.4 Å². The summed E-state index contributed by atoms with van der Waals surface area (Å²) in [6.45, 7) is 6.94. The fraction of sp³-hybridized carbons (Fsp3) is 0.278. The van der Waals surface area contributed by atoms with Crippen LogP contribution in [0.5, 0.6) is 0 Å². The molecule has 6 heteroatoms. The summed E-state index contributed by atoms with van der Waals surface area (Å²) < 4.78 is 1.85. The van der Waals surface area contributed by atoms with Gasteiger partial charge in [-0.05, 0) is 23.8 Å². The van der Waals surface area contributed by atoms with E-state index in [4.69, 9.17) is 0 Å². The average molecular weight is 340 g/mol. The molecule has 0 radical (unpaired) electrons. The maximum Gasteiger partial charge on any atom is 0.267 e. The summed E-state index contributed by atoms with van der Waals surface area (Å²) in [6, 6.07) is 9.69. The standard InChI is InChI=1S/C18H20N4OS/c1-18(2,3)17-19-11-15(24-17)16(23)21-14-7-4-6-13(10-14)12-22-9-5-8-20-22/h4-11H,12H2,1-3H3,(H,21,23). The number of aromatic nitrogens is 3. The lowest BCUT2D eigenvalue weighted by atomic mass is 9.98. The van der Waals surface area contributed by atoms with Gasteiger partial charge in [-0.25, -0.2) is 4.98 Å². The van der Waals surface area contributed by atoms with Gasteiger partial charge in [-0.15, -0.1) is 11.3 Å². The maximum absolute atomic E-state index is 12.4. The molecule has 0 atom stereocenters. The first-order valence-corrected chi connectivity index (χ1v) is 8.57. The van der Waals surface area contributed by atoms with E-state index in [2.05, 4.69) is 36.2 Å². The second-order valence-corrected chi connectivity index (χ2v) is 7.67. The molecule has 0 saturated heterocycles. The van der Waals surface area contributed by atoms with Gasteiger partial charge < -0.3 is 5.32 Å². The topological polar surface area (TPSA) is 59.8 Å². The van der Waals surface area contributed by atoms with Gasteiger partial charge in [0.2, 0.25) is 0 Å². The lowest BCUT2D eigenvalue weighted by Crippen LogP contribution is -2.11. The van der Waals surface area contributed by atoms with Crippen molar-refractivity contribution in [2.75, 3.05) is 5.32 Å². The number of hydrogen-bond acceptors (Lipinski definition) is 4. The Kier molecular flexibility index (Phi) is 4.49. The lowest BCUT2D eigenvalue weighted by molar-refractivity contribution is 0.103. The van der Waals surface area contributed by atoms with Crippen molar-refractivity contribution in [1.82, 2.24) is 14.8 Å². The monoisotopic (exact) mass is 340 g/mol. The summed E-state index contributed by atoms with van der Waals surface area (Å²) >= 11 is 1.44. The van der Waals surface area contributed by atoms with Crippen LogP contribution in [0.4, 0.5) is 5.69 Å². The highest BCUT2D eigenvalue weighted by molar-refractivity contribution is 7.13. The van der Waals surface area contributed by atoms with Crippen LogP contribution in [0.2, 0.25) is 0 Å². The third kappa shape index (κ3) is 3.89. The number of nitrogens with zero attached hydrogens (tertiary/aromatic N) is 3. The van der Waals surface area contributed by atoms with E-state index in [9.17, 15) is 4.79 Å². The summed E-state index contributed by atoms with van der Waals surface area (Å²) in [5.41, 5.74) is 1.80. The van der Waals surface area contributed by atoms with Gasteiger partial charge in [-0.2, -0.15) is 5.10 Å². The average Bonchev–Trinajstić information content (AvgIpc) is 3.18. The highest BCUT2D eigenvalue weighted by Gasteiger charge is 2.20. The van der Waals surface area contributed by atoms with Gasteiger partial charge in [0.15, 0.2) is 0 Å². The molecule has 0 fully saturated rings. The Morgan fingerprint density at radius 3 is 2.79 bits per heavy atom. The van der Waals surface area contributed by atoms with Crippen LogP contribution in [0.3, 0.4) is 0 Å². The van der Waals surface area contributed by atoms with Gasteiger partial charge in [0.1, 0.15) is 4.88 Å². The van der Waals surface area contributed by atoms with Gasteiger partial charge in [0.05, 0.1) is 17.7 Å². The van der Waals surface area contributed by atoms with Crippen molar-refractivity contribution in [1.29, 1.82) is 0 Å². The molecule has 0 aliphatic heterocycles. The zero-order chi connectivity index (χ0) is 17.2. The number of rotatable bonds is 4. The molecule has 1 amide bonds. The zero-order valence-electron chi connectivity index (χ0n) is 14.0. The molecule has 0 aliphatic rings. The molecule has 0 saturated carbocycles. The Hall–Kier alpha value is -2.47. The Morgan fingerprint density at radius 2 is 2.12 bits per heavy atom. The quantitative estimate of drug-likeness (QED) is 0.782. The molecular formula is C18H20N4OS. The molecule has 2 heterocycles. The summed E-state index contributed by atoms with van der Waals surface area (Å²) in [7, 11) is 0. The molecule has 0 aliphatic carbocycles. The third-order valence-corrected chi connectivity index (χ3v) is 4.88. The van der Waals surface area contributed by atoms with Crippen molar-refractivity contribution >= 4 is 22.9 Å². The molecule has 124 valence electrons. The van der Waals surface area contributed by atoms with Crippen molar-refractivity contribution in [2.45, 2.75) is 32.7 Å². The largest absolute Gasteiger partial charge is 0.321 e. The summed E-state index contributed by atoms with van der Waals surface area (Å²) in [6.07, 6.45) is 5.31. The van der Waals surface area contributed by atoms with E-state index in [0.717, 1.165) is 16.3 Å². The number of thiazole rings is 1. The minimum Gasteiger partial charge on any atom is -0.321 e. The zero-order valence-corrected chi connectivity index (χ0v) is 14.8. The lowest BCUT2D eigenvalue weighted by Gasteiger charge is -2.13. The van der Waals surface area contributed by atoms with Crippen LogP contribution < -0.4 is 5.32 Å². The first-order valence-electron chi connectivity index (χ1n) is 7.76. The van der Waals surface area contributed by atoms with Gasteiger partial charge in [0, 0.05) is 23.5 Å². The normalized spacial score (nSPS) is 11.5. The Balaban J connectivity index is 1.71. The van der Waals surface area contributed by atoms with Crippen LogP contribution in [0.1, 0.15) is 41.0 Å². The Labute approximate surface area is 145 Å². The number of benzene rings is 1. The molecule has 3 rings (SSSR count). The molecule has 1 N–H and O–H groups in total. The van der Waals surface area contributed by atoms with Crippen LogP contribution in [0.15, 0.2) is 48.9 Å². The van der Waals surface area contributed by atoms with Crippen molar-refractivity contribution in [3.8, 4) is 0 Å². The molecule has 3 aromatic rings. The maximum atomic E-state index is 12.4. The fourth-order valence-electron chi connectivity index (χ4n) is 2.25. The predicted molar refractivity (Wildman–Crippen MR) is 96.5 cm³/mol. The van der Waals surface area contributed by atoms with Crippen molar-refractivity contribution in [2.24, 2.45) is 0 Å². The number of anilines is 1. The van der Waals surface area contributed by atoms with Crippen LogP contribution >= 0.6 is 11.3 Å². The van der Waals surface area contributed by atoms with E-state index >= 15 is 0 Å². The van der Waals surface area contributed by atoms with Crippen LogP contribution in [-0.2, 0) is 12.0 Å². The smallest absolute Gasteiger partial charge is 0.267 e. The number of hydrogen-bond donors (Lipinski definition) is 1. The number of carbonyl (C=O) groups excluding carboxylic acids is 1. The predicted octanol–water partition coefficient (Wildman–Crippen LogP) is 3.94. The third-order valence-electron chi connectivity index (χ3n) is 3.46. The van der Waals surface area contributed by atoms with Crippen LogP contribution in [0.25, 0.3) is 0 Å². The van der Waals surface area contributed by atoms with Crippen molar-refractivity contribution < 1.29 is 4.79 Å². The van der Waals surface area contributed by atoms with Gasteiger partial charge in [0.25, 0.3) is 5.91 Å². The molecular weight excluding hydrogens is 320 g/mol. The molecule has 1 aromatic carbocycles. The van der Waals surface area contributed by atoms with Crippen molar-refractivity contribution in [3.05, 3.63) is 64.4 Å². The van der Waals surface area contributed by atoms with E-state index in [1.807, 2.05) is 41.2 Å². The summed E-state index contributed by atoms with van der Waals surface area (Å²) in [4.78, 5) is 17.4. The van der Waals surface area contributed by atoms with Crippen LogP contribution in [0, 0.1) is 0 Å². The van der Waals surface area contributed by atoms with E-state index in [1.54, 1.807) is 12.4 Å². The number of amides is 1.